The van der Waals surface area contributed by atoms with E-state index >= 15 is 0 Å². The van der Waals surface area contributed by atoms with Gasteiger partial charge in [-0.05, 0) is 6.07 Å². The van der Waals surface area contributed by atoms with Crippen LogP contribution >= 0.6 is 15.6 Å². The van der Waals surface area contributed by atoms with Crippen molar-refractivity contribution in [1.82, 2.24) is 9.55 Å². The topological polar surface area (TPSA) is 224 Å². The fraction of sp³-hybridized carbons (Fsp3) is 0.556. The van der Waals surface area contributed by atoms with E-state index in [1.165, 1.54) is 6.07 Å². The van der Waals surface area contributed by atoms with E-state index in [-0.39, 0.29) is 5.82 Å². The lowest BCUT2D eigenvalue weighted by molar-refractivity contribution is -0.0541. The lowest BCUT2D eigenvalue weighted by Crippen LogP contribution is -2.36. The number of phosphoric acid groups is 2. The molecule has 2 rings (SSSR count). The molecule has 1 aliphatic heterocycles. The van der Waals surface area contributed by atoms with E-state index in [2.05, 4.69) is 13.8 Å². The first-order valence-corrected chi connectivity index (χ1v) is 9.53. The van der Waals surface area contributed by atoms with Gasteiger partial charge in [0.2, 0.25) is 0 Å². The van der Waals surface area contributed by atoms with Crippen LogP contribution in [-0.2, 0) is 22.7 Å². The van der Waals surface area contributed by atoms with Crippen molar-refractivity contribution in [2.75, 3.05) is 12.3 Å². The third-order valence-electron chi connectivity index (χ3n) is 3.07. The number of anilines is 1. The largest absolute Gasteiger partial charge is 0.481 e. The molecule has 0 saturated carbocycles. The van der Waals surface area contributed by atoms with Crippen LogP contribution in [0, 0.1) is 0 Å². The van der Waals surface area contributed by atoms with Crippen LogP contribution in [0.4, 0.5) is 5.82 Å². The van der Waals surface area contributed by atoms with Gasteiger partial charge in [0.25, 0.3) is 0 Å². The van der Waals surface area contributed by atoms with E-state index < -0.39 is 52.5 Å². The molecule has 25 heavy (non-hydrogen) atoms. The zero-order valence-corrected chi connectivity index (χ0v) is 14.0. The molecule has 0 spiro atoms. The molecule has 0 radical (unpaired) electrons. The molecule has 0 bridgehead atoms. The predicted molar refractivity (Wildman–Crippen MR) is 77.7 cm³/mol. The van der Waals surface area contributed by atoms with Crippen LogP contribution in [0.5, 0.6) is 0 Å². The molecule has 0 aromatic carbocycles. The van der Waals surface area contributed by atoms with Crippen LogP contribution in [0.1, 0.15) is 6.23 Å². The minimum atomic E-state index is -5.30. The molecule has 5 atom stereocenters. The summed E-state index contributed by atoms with van der Waals surface area (Å²) >= 11 is 0. The molecule has 1 saturated heterocycles. The van der Waals surface area contributed by atoms with Crippen LogP contribution in [-0.4, -0.2) is 59.4 Å². The van der Waals surface area contributed by atoms with E-state index in [0.717, 1.165) is 10.8 Å². The summed E-state index contributed by atoms with van der Waals surface area (Å²) in [6.07, 6.45) is -4.93. The first-order chi connectivity index (χ1) is 11.4. The van der Waals surface area contributed by atoms with Gasteiger partial charge >= 0.3 is 21.3 Å². The first kappa shape index (κ1) is 20.1. The van der Waals surface area contributed by atoms with Gasteiger partial charge in [-0.15, -0.1) is 0 Å². The number of nitrogen functional groups attached to an aromatic ring is 1. The number of nitrogens with zero attached hydrogens (tertiary/aromatic N) is 2. The number of rotatable bonds is 6. The van der Waals surface area contributed by atoms with Crippen molar-refractivity contribution in [1.29, 1.82) is 0 Å². The quantitative estimate of drug-likeness (QED) is 0.274. The van der Waals surface area contributed by atoms with Gasteiger partial charge in [0, 0.05) is 6.20 Å². The lowest BCUT2D eigenvalue weighted by Gasteiger charge is -2.17. The molecule has 1 fully saturated rings. The van der Waals surface area contributed by atoms with Crippen molar-refractivity contribution in [3.05, 3.63) is 22.7 Å². The van der Waals surface area contributed by atoms with E-state index in [1.54, 1.807) is 0 Å². The Balaban J connectivity index is 2.08. The Morgan fingerprint density at radius 3 is 2.48 bits per heavy atom. The number of ether oxygens (including phenoxy) is 1. The summed E-state index contributed by atoms with van der Waals surface area (Å²) in [4.78, 5) is 41.3. The summed E-state index contributed by atoms with van der Waals surface area (Å²) in [7, 11) is -10.5. The maximum absolute atomic E-state index is 11.7. The van der Waals surface area contributed by atoms with Gasteiger partial charge in [0.15, 0.2) is 6.23 Å². The number of phosphoric ester groups is 1. The van der Waals surface area contributed by atoms with Crippen LogP contribution in [0.25, 0.3) is 0 Å². The average Bonchev–Trinajstić information content (AvgIpc) is 2.71. The van der Waals surface area contributed by atoms with Crippen molar-refractivity contribution in [2.45, 2.75) is 24.5 Å². The molecule has 0 aliphatic carbocycles. The summed E-state index contributed by atoms with van der Waals surface area (Å²) in [5.41, 5.74) is 4.45. The van der Waals surface area contributed by atoms with Crippen molar-refractivity contribution in [3.63, 3.8) is 0 Å². The van der Waals surface area contributed by atoms with Gasteiger partial charge in [-0.2, -0.15) is 9.29 Å². The van der Waals surface area contributed by atoms with Crippen LogP contribution in [0.3, 0.4) is 0 Å². The second-order valence-corrected chi connectivity index (χ2v) is 7.75. The van der Waals surface area contributed by atoms with Crippen molar-refractivity contribution >= 4 is 21.5 Å². The summed E-state index contributed by atoms with van der Waals surface area (Å²) in [6.45, 7) is -0.875. The average molecular weight is 403 g/mol. The van der Waals surface area contributed by atoms with Gasteiger partial charge in [-0.25, -0.2) is 13.9 Å². The van der Waals surface area contributed by atoms with Gasteiger partial charge in [-0.3, -0.25) is 9.09 Å². The molecule has 14 nitrogen and oxygen atoms in total. The highest BCUT2D eigenvalue weighted by atomic mass is 31.3. The molecule has 1 aromatic rings. The first-order valence-electron chi connectivity index (χ1n) is 6.50. The summed E-state index contributed by atoms with van der Waals surface area (Å²) in [5.74, 6) is -0.0787. The smallest absolute Gasteiger partial charge is 0.387 e. The summed E-state index contributed by atoms with van der Waals surface area (Å²) < 4.78 is 35.8. The molecule has 2 unspecified atom stereocenters. The van der Waals surface area contributed by atoms with Crippen molar-refractivity contribution in [3.8, 4) is 0 Å². The molecular formula is C9H15N3O11P2. The molecule has 1 aromatic heterocycles. The van der Waals surface area contributed by atoms with E-state index in [9.17, 15) is 24.1 Å². The highest BCUT2D eigenvalue weighted by Gasteiger charge is 2.45. The molecule has 16 heteroatoms. The number of nitrogens with two attached hydrogens (primary N) is 1. The number of aliphatic hydroxyl groups excluding tert-OH is 2. The Morgan fingerprint density at radius 2 is 1.92 bits per heavy atom. The minimum absolute atomic E-state index is 0.0787. The van der Waals surface area contributed by atoms with Crippen molar-refractivity contribution in [2.24, 2.45) is 0 Å². The van der Waals surface area contributed by atoms with Crippen LogP contribution in [0.15, 0.2) is 17.1 Å². The Kier molecular flexibility index (Phi) is 5.81. The summed E-state index contributed by atoms with van der Waals surface area (Å²) in [5, 5.41) is 19.8. The number of aliphatic hydroxyl groups is 2. The fourth-order valence-corrected chi connectivity index (χ4v) is 3.64. The number of aromatic nitrogens is 2. The second-order valence-electron chi connectivity index (χ2n) is 4.93. The Hall–Kier alpha value is -1.18. The van der Waals surface area contributed by atoms with Gasteiger partial charge < -0.3 is 35.4 Å². The van der Waals surface area contributed by atoms with E-state index in [0.29, 0.717) is 0 Å². The normalized spacial score (nSPS) is 29.5. The lowest BCUT2D eigenvalue weighted by atomic mass is 10.1. The van der Waals surface area contributed by atoms with E-state index in [4.69, 9.17) is 25.2 Å². The van der Waals surface area contributed by atoms with Crippen molar-refractivity contribution < 1.29 is 47.6 Å². The highest BCUT2D eigenvalue weighted by Crippen LogP contribution is 2.57. The molecule has 0 amide bonds. The van der Waals surface area contributed by atoms with Crippen LogP contribution in [0.2, 0.25) is 0 Å². The Bertz CT molecular complexity index is 778. The third kappa shape index (κ3) is 5.15. The highest BCUT2D eigenvalue weighted by molar-refractivity contribution is 7.60. The van der Waals surface area contributed by atoms with Gasteiger partial charge in [-0.1, -0.05) is 0 Å². The molecular weight excluding hydrogens is 388 g/mol. The van der Waals surface area contributed by atoms with Gasteiger partial charge in [0.05, 0.1) is 6.61 Å². The Morgan fingerprint density at radius 1 is 1.28 bits per heavy atom. The zero-order chi connectivity index (χ0) is 19.0. The fourth-order valence-electron chi connectivity index (χ4n) is 2.04. The molecule has 2 heterocycles. The molecule has 142 valence electrons. The second kappa shape index (κ2) is 7.21. The van der Waals surface area contributed by atoms with Crippen LogP contribution < -0.4 is 11.4 Å². The van der Waals surface area contributed by atoms with Gasteiger partial charge in [0.1, 0.15) is 24.1 Å². The monoisotopic (exact) mass is 403 g/mol. The molecule has 7 N–H and O–H groups in total. The maximum Gasteiger partial charge on any atom is 0.481 e. The number of hydrogen-bond acceptors (Lipinski definition) is 10. The Labute approximate surface area is 139 Å². The molecule has 1 aliphatic rings. The standard InChI is InChI=1S/C9H15N3O11P2/c10-5-1-2-12(9(15)11-5)8-7(14)6(13)4(22-8)3-21-25(19,20)23-24(16,17)18/h1-2,4,6-8,13-14H,3H2,(H,19,20)(H2,10,11,15)(H2,16,17,18)/t4-,6+,7?,8-/m1/s1. The summed E-state index contributed by atoms with van der Waals surface area (Å²) in [6, 6.07) is 1.24. The number of hydrogen-bond donors (Lipinski definition) is 6. The minimum Gasteiger partial charge on any atom is -0.387 e. The predicted octanol–water partition coefficient (Wildman–Crippen LogP) is -2.33. The van der Waals surface area contributed by atoms with E-state index in [1.807, 2.05) is 0 Å². The maximum atomic E-state index is 11.7. The zero-order valence-electron chi connectivity index (χ0n) is 12.2. The SMILES string of the molecule is Nc1ccn([C@@H]2O[C@H](COP(=O)(O)OP(=O)(O)O)[C@H](O)C2O)c(=O)n1. The third-order valence-corrected chi connectivity index (χ3v) is 5.23.